The summed E-state index contributed by atoms with van der Waals surface area (Å²) in [4.78, 5) is 21.1. The van der Waals surface area contributed by atoms with Gasteiger partial charge in [0.05, 0.1) is 6.42 Å². The molecule has 7 heteroatoms. The molecule has 1 aromatic rings. The van der Waals surface area contributed by atoms with Crippen molar-refractivity contribution < 1.29 is 28.6 Å². The van der Waals surface area contributed by atoms with E-state index in [4.69, 9.17) is 10.2 Å². The second kappa shape index (κ2) is 6.06. The standard InChI is InChI=1S/C11H11F2NO4/c12-7-1-2-8(13)6(3-7)5-14-9(11(17)18)4-10(15)16/h1-3,9,14H,4-5H2,(H,15,16)(H,17,18). The van der Waals surface area contributed by atoms with Gasteiger partial charge in [-0.15, -0.1) is 0 Å². The van der Waals surface area contributed by atoms with Gasteiger partial charge in [0.15, 0.2) is 0 Å². The van der Waals surface area contributed by atoms with Gasteiger partial charge >= 0.3 is 11.9 Å². The Morgan fingerprint density at radius 2 is 1.94 bits per heavy atom. The predicted molar refractivity (Wildman–Crippen MR) is 56.9 cm³/mol. The second-order valence-corrected chi connectivity index (χ2v) is 3.61. The van der Waals surface area contributed by atoms with Crippen LogP contribution in [0.3, 0.4) is 0 Å². The molecule has 0 saturated heterocycles. The number of nitrogens with one attached hydrogen (secondary N) is 1. The minimum absolute atomic E-state index is 0.0633. The van der Waals surface area contributed by atoms with Crippen LogP contribution in [-0.2, 0) is 16.1 Å². The molecule has 1 rings (SSSR count). The molecule has 0 fully saturated rings. The third-order valence-electron chi connectivity index (χ3n) is 2.22. The second-order valence-electron chi connectivity index (χ2n) is 3.61. The van der Waals surface area contributed by atoms with Crippen LogP contribution in [0, 0.1) is 11.6 Å². The molecular weight excluding hydrogens is 248 g/mol. The summed E-state index contributed by atoms with van der Waals surface area (Å²) < 4.78 is 26.0. The molecule has 0 aromatic heterocycles. The predicted octanol–water partition coefficient (Wildman–Crippen LogP) is 0.982. The molecule has 1 atom stereocenters. The molecule has 0 aliphatic carbocycles. The topological polar surface area (TPSA) is 86.6 Å². The lowest BCUT2D eigenvalue weighted by Crippen LogP contribution is -2.38. The van der Waals surface area contributed by atoms with Gasteiger partial charge in [0.2, 0.25) is 0 Å². The highest BCUT2D eigenvalue weighted by Gasteiger charge is 2.20. The SMILES string of the molecule is O=C(O)CC(NCc1cc(F)ccc1F)C(=O)O. The Hall–Kier alpha value is -2.02. The van der Waals surface area contributed by atoms with Gasteiger partial charge in [0, 0.05) is 12.1 Å². The molecule has 1 unspecified atom stereocenters. The van der Waals surface area contributed by atoms with Crippen molar-refractivity contribution in [3.63, 3.8) is 0 Å². The van der Waals surface area contributed by atoms with E-state index in [0.29, 0.717) is 0 Å². The fraction of sp³-hybridized carbons (Fsp3) is 0.273. The first-order chi connectivity index (χ1) is 8.40. The summed E-state index contributed by atoms with van der Waals surface area (Å²) in [7, 11) is 0. The zero-order valence-corrected chi connectivity index (χ0v) is 9.19. The molecule has 0 amide bonds. The number of carboxylic acid groups (broad SMARTS) is 2. The molecular formula is C11H11F2NO4. The summed E-state index contributed by atoms with van der Waals surface area (Å²) in [5.41, 5.74) is -0.0633. The summed E-state index contributed by atoms with van der Waals surface area (Å²) in [6.07, 6.45) is -0.647. The summed E-state index contributed by atoms with van der Waals surface area (Å²) in [5, 5.41) is 19.6. The minimum Gasteiger partial charge on any atom is -0.481 e. The maximum Gasteiger partial charge on any atom is 0.321 e. The van der Waals surface area contributed by atoms with Crippen LogP contribution in [-0.4, -0.2) is 28.2 Å². The first-order valence-corrected chi connectivity index (χ1v) is 5.02. The maximum absolute atomic E-state index is 13.2. The molecule has 5 nitrogen and oxygen atoms in total. The first-order valence-electron chi connectivity index (χ1n) is 5.02. The van der Waals surface area contributed by atoms with Crippen molar-refractivity contribution in [1.82, 2.24) is 5.32 Å². The van der Waals surface area contributed by atoms with E-state index < -0.39 is 36.0 Å². The zero-order chi connectivity index (χ0) is 13.7. The van der Waals surface area contributed by atoms with Crippen molar-refractivity contribution in [2.75, 3.05) is 0 Å². The summed E-state index contributed by atoms with van der Waals surface area (Å²) in [6.45, 7) is -0.270. The fourth-order valence-corrected chi connectivity index (χ4v) is 1.33. The number of carboxylic acids is 2. The van der Waals surface area contributed by atoms with Gasteiger partial charge in [-0.3, -0.25) is 14.9 Å². The minimum atomic E-state index is -1.37. The van der Waals surface area contributed by atoms with Crippen molar-refractivity contribution in [2.24, 2.45) is 0 Å². The third kappa shape index (κ3) is 4.10. The highest BCUT2D eigenvalue weighted by atomic mass is 19.1. The van der Waals surface area contributed by atoms with E-state index >= 15 is 0 Å². The van der Waals surface area contributed by atoms with Gasteiger partial charge < -0.3 is 10.2 Å². The fourth-order valence-electron chi connectivity index (χ4n) is 1.33. The van der Waals surface area contributed by atoms with Crippen LogP contribution in [0.2, 0.25) is 0 Å². The lowest BCUT2D eigenvalue weighted by molar-refractivity contribution is -0.146. The largest absolute Gasteiger partial charge is 0.481 e. The summed E-state index contributed by atoms with van der Waals surface area (Å²) in [5.74, 6) is -4.01. The smallest absolute Gasteiger partial charge is 0.321 e. The molecule has 0 bridgehead atoms. The number of aliphatic carboxylic acids is 2. The number of benzene rings is 1. The van der Waals surface area contributed by atoms with Crippen LogP contribution in [0.5, 0.6) is 0 Å². The molecule has 0 radical (unpaired) electrons. The molecule has 0 aliphatic rings. The Labute approximate surface area is 101 Å². The molecule has 18 heavy (non-hydrogen) atoms. The Bertz CT molecular complexity index is 464. The Morgan fingerprint density at radius 1 is 1.28 bits per heavy atom. The van der Waals surface area contributed by atoms with Crippen molar-refractivity contribution in [2.45, 2.75) is 19.0 Å². The zero-order valence-electron chi connectivity index (χ0n) is 9.19. The van der Waals surface area contributed by atoms with Crippen LogP contribution >= 0.6 is 0 Å². The van der Waals surface area contributed by atoms with Gasteiger partial charge in [-0.05, 0) is 18.2 Å². The molecule has 0 saturated carbocycles. The molecule has 0 spiro atoms. The lowest BCUT2D eigenvalue weighted by atomic mass is 10.1. The molecule has 0 heterocycles. The number of carbonyl (C=O) groups is 2. The van der Waals surface area contributed by atoms with Gasteiger partial charge in [0.1, 0.15) is 17.7 Å². The lowest BCUT2D eigenvalue weighted by Gasteiger charge is -2.12. The van der Waals surface area contributed by atoms with Gasteiger partial charge in [-0.2, -0.15) is 0 Å². The highest BCUT2D eigenvalue weighted by Crippen LogP contribution is 2.09. The first kappa shape index (κ1) is 14.0. The van der Waals surface area contributed by atoms with E-state index in [9.17, 15) is 18.4 Å². The van der Waals surface area contributed by atoms with E-state index in [-0.39, 0.29) is 12.1 Å². The molecule has 3 N–H and O–H groups in total. The average molecular weight is 259 g/mol. The van der Waals surface area contributed by atoms with Gasteiger partial charge in [-0.1, -0.05) is 0 Å². The van der Waals surface area contributed by atoms with E-state index in [1.807, 2.05) is 0 Å². The van der Waals surface area contributed by atoms with Crippen LogP contribution in [0.15, 0.2) is 18.2 Å². The number of hydrogen-bond donors (Lipinski definition) is 3. The number of hydrogen-bond acceptors (Lipinski definition) is 3. The monoisotopic (exact) mass is 259 g/mol. The van der Waals surface area contributed by atoms with Crippen molar-refractivity contribution in [3.05, 3.63) is 35.4 Å². The van der Waals surface area contributed by atoms with E-state index in [2.05, 4.69) is 5.32 Å². The number of halogens is 2. The van der Waals surface area contributed by atoms with E-state index in [1.165, 1.54) is 0 Å². The third-order valence-corrected chi connectivity index (χ3v) is 2.22. The van der Waals surface area contributed by atoms with E-state index in [0.717, 1.165) is 18.2 Å². The Kier molecular flexibility index (Phi) is 4.73. The van der Waals surface area contributed by atoms with Crippen LogP contribution in [0.1, 0.15) is 12.0 Å². The van der Waals surface area contributed by atoms with Crippen molar-refractivity contribution in [3.8, 4) is 0 Å². The molecule has 98 valence electrons. The molecule has 1 aromatic carbocycles. The van der Waals surface area contributed by atoms with Crippen LogP contribution < -0.4 is 5.32 Å². The van der Waals surface area contributed by atoms with Crippen LogP contribution in [0.25, 0.3) is 0 Å². The Balaban J connectivity index is 2.69. The van der Waals surface area contributed by atoms with Crippen molar-refractivity contribution in [1.29, 1.82) is 0 Å². The van der Waals surface area contributed by atoms with E-state index in [1.54, 1.807) is 0 Å². The Morgan fingerprint density at radius 3 is 2.50 bits per heavy atom. The van der Waals surface area contributed by atoms with Gasteiger partial charge in [-0.25, -0.2) is 8.78 Å². The van der Waals surface area contributed by atoms with Crippen molar-refractivity contribution >= 4 is 11.9 Å². The summed E-state index contributed by atoms with van der Waals surface area (Å²) in [6, 6.07) is 1.41. The molecule has 0 aliphatic heterocycles. The maximum atomic E-state index is 13.2. The quantitative estimate of drug-likeness (QED) is 0.709. The normalized spacial score (nSPS) is 12.1. The van der Waals surface area contributed by atoms with Gasteiger partial charge in [0.25, 0.3) is 0 Å². The van der Waals surface area contributed by atoms with Crippen LogP contribution in [0.4, 0.5) is 8.78 Å². The summed E-state index contributed by atoms with van der Waals surface area (Å²) >= 11 is 0. The highest BCUT2D eigenvalue weighted by molar-refractivity contribution is 5.80. The number of rotatable bonds is 6. The average Bonchev–Trinajstić information content (AvgIpc) is 2.27.